The van der Waals surface area contributed by atoms with Crippen molar-refractivity contribution in [1.29, 1.82) is 0 Å². The van der Waals surface area contributed by atoms with E-state index in [1.165, 1.54) is 4.90 Å². The van der Waals surface area contributed by atoms with Crippen LogP contribution in [0, 0.1) is 5.92 Å². The van der Waals surface area contributed by atoms with Gasteiger partial charge in [0.15, 0.2) is 0 Å². The van der Waals surface area contributed by atoms with Crippen LogP contribution in [0.25, 0.3) is 0 Å². The summed E-state index contributed by atoms with van der Waals surface area (Å²) in [5, 5.41) is 12.9. The summed E-state index contributed by atoms with van der Waals surface area (Å²) in [6.45, 7) is 4.55. The Kier molecular flexibility index (Phi) is 5.42. The quantitative estimate of drug-likeness (QED) is 0.829. The van der Waals surface area contributed by atoms with Crippen molar-refractivity contribution in [1.82, 2.24) is 5.32 Å². The molecule has 120 valence electrons. The number of carbonyl (C=O) groups excluding carboxylic acids is 2. The Balaban J connectivity index is 1.93. The first-order valence-electron chi connectivity index (χ1n) is 7.47. The molecule has 0 saturated carbocycles. The van der Waals surface area contributed by atoms with Crippen molar-refractivity contribution < 1.29 is 14.7 Å². The normalized spacial score (nSPS) is 14.9. The lowest BCUT2D eigenvalue weighted by Crippen LogP contribution is -2.43. The first-order chi connectivity index (χ1) is 10.4. The summed E-state index contributed by atoms with van der Waals surface area (Å²) in [5.74, 6) is -1.11. The molecule has 1 aromatic carbocycles. The molecule has 1 aliphatic rings. The van der Waals surface area contributed by atoms with Crippen molar-refractivity contribution in [2.24, 2.45) is 5.92 Å². The van der Waals surface area contributed by atoms with E-state index in [0.29, 0.717) is 30.1 Å². The number of benzene rings is 1. The van der Waals surface area contributed by atoms with Gasteiger partial charge in [-0.25, -0.2) is 0 Å². The predicted molar refractivity (Wildman–Crippen MR) is 86.0 cm³/mol. The second-order valence-corrected chi connectivity index (χ2v) is 6.21. The minimum absolute atomic E-state index is 0.125. The average Bonchev–Trinajstić information content (AvgIpc) is 2.91. The van der Waals surface area contributed by atoms with Gasteiger partial charge in [0.1, 0.15) is 0 Å². The summed E-state index contributed by atoms with van der Waals surface area (Å²) >= 11 is 6.10. The van der Waals surface area contributed by atoms with Crippen LogP contribution in [-0.2, 0) is 16.0 Å². The highest BCUT2D eigenvalue weighted by atomic mass is 35.5. The van der Waals surface area contributed by atoms with Crippen LogP contribution in [0.5, 0.6) is 0 Å². The fraction of sp³-hybridized carbons (Fsp3) is 0.500. The van der Waals surface area contributed by atoms with Gasteiger partial charge in [-0.2, -0.15) is 0 Å². The predicted octanol–water partition coefficient (Wildman–Crippen LogP) is 1.75. The lowest BCUT2D eigenvalue weighted by atomic mass is 10.0. The Morgan fingerprint density at radius 3 is 2.82 bits per heavy atom. The second kappa shape index (κ2) is 7.11. The molecule has 0 aromatic heterocycles. The fourth-order valence-corrected chi connectivity index (χ4v) is 2.73. The third-order valence-electron chi connectivity index (χ3n) is 3.90. The van der Waals surface area contributed by atoms with Crippen LogP contribution in [0.1, 0.15) is 25.8 Å². The lowest BCUT2D eigenvalue weighted by molar-refractivity contribution is -0.137. The highest BCUT2D eigenvalue weighted by molar-refractivity contribution is 6.41. The number of hydrogen-bond donors (Lipinski definition) is 2. The lowest BCUT2D eigenvalue weighted by Gasteiger charge is -2.18. The summed E-state index contributed by atoms with van der Waals surface area (Å²) in [6.07, 6.45) is 0.598. The van der Waals surface area contributed by atoms with E-state index in [2.05, 4.69) is 5.32 Å². The van der Waals surface area contributed by atoms with Crippen LogP contribution in [-0.4, -0.2) is 36.1 Å². The number of hydrogen-bond acceptors (Lipinski definition) is 3. The molecule has 22 heavy (non-hydrogen) atoms. The number of amides is 2. The molecule has 0 bridgehead atoms. The summed E-state index contributed by atoms with van der Waals surface area (Å²) in [4.78, 5) is 25.7. The van der Waals surface area contributed by atoms with Crippen LogP contribution >= 0.6 is 11.6 Å². The molecule has 1 aromatic rings. The van der Waals surface area contributed by atoms with Crippen LogP contribution in [0.15, 0.2) is 18.2 Å². The Morgan fingerprint density at radius 1 is 1.41 bits per heavy atom. The molecule has 1 atom stereocenters. The minimum atomic E-state index is -0.649. The average molecular weight is 325 g/mol. The van der Waals surface area contributed by atoms with Gasteiger partial charge in [0, 0.05) is 23.8 Å². The zero-order valence-electron chi connectivity index (χ0n) is 12.8. The Labute approximate surface area is 135 Å². The van der Waals surface area contributed by atoms with E-state index in [1.54, 1.807) is 18.2 Å². The van der Waals surface area contributed by atoms with Crippen LogP contribution in [0.3, 0.4) is 0 Å². The number of nitrogens with one attached hydrogen (secondary N) is 1. The maximum atomic E-state index is 12.2. The molecule has 2 N–H and O–H groups in total. The molecule has 0 fully saturated rings. The number of halogens is 1. The van der Waals surface area contributed by atoms with E-state index in [4.69, 9.17) is 11.6 Å². The van der Waals surface area contributed by atoms with Gasteiger partial charge in [-0.3, -0.25) is 9.59 Å². The van der Waals surface area contributed by atoms with E-state index in [1.807, 2.05) is 13.8 Å². The Morgan fingerprint density at radius 2 is 2.14 bits per heavy atom. The highest BCUT2D eigenvalue weighted by Gasteiger charge is 2.30. The van der Waals surface area contributed by atoms with Crippen molar-refractivity contribution in [3.63, 3.8) is 0 Å². The summed E-state index contributed by atoms with van der Waals surface area (Å²) in [5.41, 5.74) is 1.61. The molecule has 0 spiro atoms. The molecule has 0 aliphatic carbocycles. The largest absolute Gasteiger partial charge is 0.393 e. The van der Waals surface area contributed by atoms with Gasteiger partial charge in [-0.1, -0.05) is 31.5 Å². The second-order valence-electron chi connectivity index (χ2n) is 5.80. The van der Waals surface area contributed by atoms with Crippen molar-refractivity contribution in [2.45, 2.75) is 32.8 Å². The fourth-order valence-electron chi connectivity index (χ4n) is 2.47. The molecule has 1 unspecified atom stereocenters. The monoisotopic (exact) mass is 324 g/mol. The highest BCUT2D eigenvalue weighted by Crippen LogP contribution is 2.33. The molecule has 6 heteroatoms. The first-order valence-corrected chi connectivity index (χ1v) is 7.84. The van der Waals surface area contributed by atoms with Gasteiger partial charge < -0.3 is 15.3 Å². The van der Waals surface area contributed by atoms with E-state index < -0.39 is 17.9 Å². The van der Waals surface area contributed by atoms with Crippen molar-refractivity contribution in [2.75, 3.05) is 18.0 Å². The smallest absolute Gasteiger partial charge is 0.316 e. The number of fused-ring (bicyclic) bond motifs is 1. The van der Waals surface area contributed by atoms with E-state index in [-0.39, 0.29) is 12.5 Å². The number of rotatable bonds is 4. The zero-order valence-corrected chi connectivity index (χ0v) is 13.6. The molecule has 1 heterocycles. The topological polar surface area (TPSA) is 69.6 Å². The number of aliphatic hydroxyl groups excluding tert-OH is 1. The molecule has 2 rings (SSSR count). The number of nitrogens with zero attached hydrogens (tertiary/aromatic N) is 1. The summed E-state index contributed by atoms with van der Waals surface area (Å²) in [6, 6.07) is 5.34. The molecule has 0 radical (unpaired) electrons. The number of anilines is 1. The number of carbonyl (C=O) groups is 2. The van der Waals surface area contributed by atoms with Gasteiger partial charge >= 0.3 is 11.8 Å². The third kappa shape index (κ3) is 3.59. The Bertz CT molecular complexity index is 575. The first kappa shape index (κ1) is 16.8. The summed E-state index contributed by atoms with van der Waals surface area (Å²) < 4.78 is 0. The molecule has 5 nitrogen and oxygen atoms in total. The number of aliphatic hydroxyl groups is 1. The molecule has 0 saturated heterocycles. The van der Waals surface area contributed by atoms with Crippen molar-refractivity contribution in [3.8, 4) is 0 Å². The SMILES string of the molecule is CC(C)C(O)CCNC(=O)C(=O)N1CCc2c(Cl)cccc21. The molecular formula is C16H21ClN2O3. The molecular weight excluding hydrogens is 304 g/mol. The Hall–Kier alpha value is -1.59. The van der Waals surface area contributed by atoms with Gasteiger partial charge in [0.25, 0.3) is 0 Å². The zero-order chi connectivity index (χ0) is 16.3. The maximum absolute atomic E-state index is 12.2. The van der Waals surface area contributed by atoms with E-state index in [9.17, 15) is 14.7 Å². The maximum Gasteiger partial charge on any atom is 0.316 e. The standard InChI is InChI=1S/C16H21ClN2O3/c1-10(2)14(20)6-8-18-15(21)16(22)19-9-7-11-12(17)4-3-5-13(11)19/h3-5,10,14,20H,6-9H2,1-2H3,(H,18,21). The van der Waals surface area contributed by atoms with Crippen molar-refractivity contribution in [3.05, 3.63) is 28.8 Å². The van der Waals surface area contributed by atoms with Gasteiger partial charge in [-0.05, 0) is 36.5 Å². The van der Waals surface area contributed by atoms with Crippen LogP contribution in [0.4, 0.5) is 5.69 Å². The third-order valence-corrected chi connectivity index (χ3v) is 4.26. The van der Waals surface area contributed by atoms with E-state index >= 15 is 0 Å². The van der Waals surface area contributed by atoms with Gasteiger partial charge in [0.05, 0.1) is 6.10 Å². The van der Waals surface area contributed by atoms with Gasteiger partial charge in [0.2, 0.25) is 0 Å². The molecule has 2 amide bonds. The van der Waals surface area contributed by atoms with Crippen LogP contribution < -0.4 is 10.2 Å². The van der Waals surface area contributed by atoms with Crippen LogP contribution in [0.2, 0.25) is 5.02 Å². The van der Waals surface area contributed by atoms with Crippen molar-refractivity contribution >= 4 is 29.1 Å². The molecule has 1 aliphatic heterocycles. The van der Waals surface area contributed by atoms with Gasteiger partial charge in [-0.15, -0.1) is 0 Å². The summed E-state index contributed by atoms with van der Waals surface area (Å²) in [7, 11) is 0. The van der Waals surface area contributed by atoms with E-state index in [0.717, 1.165) is 5.56 Å². The minimum Gasteiger partial charge on any atom is -0.393 e.